The summed E-state index contributed by atoms with van der Waals surface area (Å²) in [5.41, 5.74) is 4.08. The average Bonchev–Trinajstić information content (AvgIpc) is 3.14. The molecule has 5 N–H and O–H groups in total. The molecule has 0 saturated carbocycles. The molecule has 2 aromatic heterocycles. The van der Waals surface area contributed by atoms with Gasteiger partial charge in [0.1, 0.15) is 5.56 Å². The minimum atomic E-state index is -0.599. The van der Waals surface area contributed by atoms with Crippen molar-refractivity contribution >= 4 is 28.5 Å². The number of hydrazine groups is 1. The lowest BCUT2D eigenvalue weighted by molar-refractivity contribution is 0.453. The van der Waals surface area contributed by atoms with Crippen molar-refractivity contribution in [1.29, 1.82) is 0 Å². The minimum absolute atomic E-state index is 0.00152. The first-order valence-corrected chi connectivity index (χ1v) is 11.2. The SMILES string of the molecule is Cn1c(=O)oc2cc(-n3cc(/C(=N/N)NN)c(=O)n(C4CCCc5c(Cl)cccc54)c3=O)ccc21. The third kappa shape index (κ3) is 3.56. The zero-order valence-corrected chi connectivity index (χ0v) is 19.5. The number of nitrogens with two attached hydrogens (primary N) is 2. The number of fused-ring (bicyclic) bond motifs is 2. The van der Waals surface area contributed by atoms with Crippen LogP contribution in [0.3, 0.4) is 0 Å². The summed E-state index contributed by atoms with van der Waals surface area (Å²) < 4.78 is 9.10. The standard InChI is InChI=1S/C23H22ClN7O4/c1-29-18-9-8-12(10-19(18)35-23(29)34)30-11-15(20(27-25)28-26)21(32)31(22(30)33)17-7-3-4-13-14(17)5-2-6-16(13)24/h2,5-6,8-11,17H,3-4,7,25-26H2,1H3,(H,27,28). The number of oxazole rings is 1. The van der Waals surface area contributed by atoms with Crippen LogP contribution in [0.25, 0.3) is 16.8 Å². The Morgan fingerprint density at radius 3 is 2.77 bits per heavy atom. The molecule has 0 fully saturated rings. The van der Waals surface area contributed by atoms with Gasteiger partial charge in [0.2, 0.25) is 0 Å². The van der Waals surface area contributed by atoms with Crippen LogP contribution >= 0.6 is 11.6 Å². The van der Waals surface area contributed by atoms with Crippen LogP contribution in [0.1, 0.15) is 35.6 Å². The fourth-order valence-corrected chi connectivity index (χ4v) is 4.97. The van der Waals surface area contributed by atoms with Gasteiger partial charge in [-0.25, -0.2) is 15.4 Å². The summed E-state index contributed by atoms with van der Waals surface area (Å²) in [6.45, 7) is 0. The Balaban J connectivity index is 1.81. The number of rotatable bonds is 3. The predicted octanol–water partition coefficient (Wildman–Crippen LogP) is 1.11. The first kappa shape index (κ1) is 22.7. The van der Waals surface area contributed by atoms with E-state index >= 15 is 0 Å². The van der Waals surface area contributed by atoms with Gasteiger partial charge in [0.05, 0.1) is 17.2 Å². The highest BCUT2D eigenvalue weighted by Crippen LogP contribution is 2.35. The number of aryl methyl sites for hydroxylation is 1. The smallest absolute Gasteiger partial charge is 0.408 e. The second kappa shape index (κ2) is 8.60. The van der Waals surface area contributed by atoms with Crippen LogP contribution in [0, 0.1) is 0 Å². The highest BCUT2D eigenvalue weighted by atomic mass is 35.5. The van der Waals surface area contributed by atoms with Crippen molar-refractivity contribution in [1.82, 2.24) is 19.1 Å². The average molecular weight is 496 g/mol. The molecule has 0 spiro atoms. The lowest BCUT2D eigenvalue weighted by Gasteiger charge is -2.28. The molecule has 5 rings (SSSR count). The molecule has 0 radical (unpaired) electrons. The molecule has 1 atom stereocenters. The zero-order valence-electron chi connectivity index (χ0n) is 18.7. The van der Waals surface area contributed by atoms with E-state index in [1.807, 2.05) is 6.07 Å². The number of nitrogens with zero attached hydrogens (tertiary/aromatic N) is 4. The van der Waals surface area contributed by atoms with Crippen molar-refractivity contribution < 1.29 is 4.42 Å². The van der Waals surface area contributed by atoms with Gasteiger partial charge in [-0.3, -0.25) is 18.5 Å². The quantitative estimate of drug-likeness (QED) is 0.166. The van der Waals surface area contributed by atoms with Crippen molar-refractivity contribution in [3.8, 4) is 5.69 Å². The van der Waals surface area contributed by atoms with Crippen LogP contribution in [0.15, 0.2) is 66.5 Å². The van der Waals surface area contributed by atoms with Gasteiger partial charge in [0, 0.05) is 24.3 Å². The molecule has 2 heterocycles. The number of hydrogen-bond acceptors (Lipinski definition) is 7. The van der Waals surface area contributed by atoms with E-state index in [4.69, 9.17) is 27.7 Å². The molecular weight excluding hydrogens is 474 g/mol. The third-order valence-corrected chi connectivity index (χ3v) is 6.78. The van der Waals surface area contributed by atoms with Gasteiger partial charge in [-0.15, -0.1) is 0 Å². The summed E-state index contributed by atoms with van der Waals surface area (Å²) in [4.78, 5) is 39.4. The largest absolute Gasteiger partial charge is 0.419 e. The first-order chi connectivity index (χ1) is 16.8. The van der Waals surface area contributed by atoms with Crippen LogP contribution in [0.2, 0.25) is 5.02 Å². The molecule has 4 aromatic rings. The molecule has 1 unspecified atom stereocenters. The molecule has 12 heteroatoms. The summed E-state index contributed by atoms with van der Waals surface area (Å²) in [6.07, 6.45) is 3.36. The van der Waals surface area contributed by atoms with E-state index in [1.165, 1.54) is 19.9 Å². The highest BCUT2D eigenvalue weighted by Gasteiger charge is 2.28. The fraction of sp³-hybridized carbons (Fsp3) is 0.217. The summed E-state index contributed by atoms with van der Waals surface area (Å²) in [7, 11) is 1.58. The van der Waals surface area contributed by atoms with Gasteiger partial charge < -0.3 is 15.7 Å². The van der Waals surface area contributed by atoms with Crippen molar-refractivity contribution in [3.63, 3.8) is 0 Å². The molecule has 1 aliphatic rings. The second-order valence-electron chi connectivity index (χ2n) is 8.29. The summed E-state index contributed by atoms with van der Waals surface area (Å²) in [5, 5.41) is 4.17. The second-order valence-corrected chi connectivity index (χ2v) is 8.69. The van der Waals surface area contributed by atoms with Gasteiger partial charge in [-0.1, -0.05) is 23.7 Å². The van der Waals surface area contributed by atoms with E-state index in [0.29, 0.717) is 28.2 Å². The predicted molar refractivity (Wildman–Crippen MR) is 132 cm³/mol. The Hall–Kier alpha value is -4.09. The van der Waals surface area contributed by atoms with Gasteiger partial charge in [-0.05, 0) is 48.6 Å². The van der Waals surface area contributed by atoms with Crippen LogP contribution in [0.5, 0.6) is 0 Å². The molecule has 1 aliphatic carbocycles. The molecule has 11 nitrogen and oxygen atoms in total. The lowest BCUT2D eigenvalue weighted by Crippen LogP contribution is -2.47. The van der Waals surface area contributed by atoms with E-state index in [1.54, 1.807) is 37.4 Å². The minimum Gasteiger partial charge on any atom is -0.408 e. The number of amidine groups is 1. The number of halogens is 1. The van der Waals surface area contributed by atoms with E-state index < -0.39 is 23.0 Å². The maximum Gasteiger partial charge on any atom is 0.419 e. The van der Waals surface area contributed by atoms with E-state index in [-0.39, 0.29) is 11.4 Å². The molecule has 0 amide bonds. The Morgan fingerprint density at radius 1 is 1.23 bits per heavy atom. The Kier molecular flexibility index (Phi) is 5.58. The monoisotopic (exact) mass is 495 g/mol. The number of nitrogens with one attached hydrogen (secondary N) is 1. The van der Waals surface area contributed by atoms with E-state index in [2.05, 4.69) is 10.5 Å². The molecule has 180 valence electrons. The van der Waals surface area contributed by atoms with Crippen LogP contribution in [0.4, 0.5) is 0 Å². The normalized spacial score (nSPS) is 15.9. The molecule has 0 saturated heterocycles. The first-order valence-electron chi connectivity index (χ1n) is 10.9. The zero-order chi connectivity index (χ0) is 24.9. The Labute approximate surface area is 202 Å². The summed E-state index contributed by atoms with van der Waals surface area (Å²) in [6, 6.07) is 9.77. The fourth-order valence-electron chi connectivity index (χ4n) is 4.70. The topological polar surface area (TPSA) is 156 Å². The van der Waals surface area contributed by atoms with Crippen molar-refractivity contribution in [3.05, 3.63) is 95.7 Å². The number of hydrazone groups is 1. The van der Waals surface area contributed by atoms with Crippen molar-refractivity contribution in [2.75, 3.05) is 0 Å². The van der Waals surface area contributed by atoms with Crippen molar-refractivity contribution in [2.24, 2.45) is 23.8 Å². The molecule has 35 heavy (non-hydrogen) atoms. The van der Waals surface area contributed by atoms with Gasteiger partial charge in [0.15, 0.2) is 11.4 Å². The molecule has 0 bridgehead atoms. The van der Waals surface area contributed by atoms with Crippen molar-refractivity contribution in [2.45, 2.75) is 25.3 Å². The molecular formula is C23H22ClN7O4. The lowest BCUT2D eigenvalue weighted by atomic mass is 9.87. The third-order valence-electron chi connectivity index (χ3n) is 6.42. The van der Waals surface area contributed by atoms with E-state index in [0.717, 1.165) is 24.0 Å². The Morgan fingerprint density at radius 2 is 2.03 bits per heavy atom. The summed E-state index contributed by atoms with van der Waals surface area (Å²) in [5.74, 6) is 10.4. The highest BCUT2D eigenvalue weighted by molar-refractivity contribution is 6.31. The molecule has 2 aromatic carbocycles. The van der Waals surface area contributed by atoms with Gasteiger partial charge in [0.25, 0.3) is 5.56 Å². The summed E-state index contributed by atoms with van der Waals surface area (Å²) >= 11 is 6.43. The molecule has 0 aliphatic heterocycles. The maximum absolute atomic E-state index is 13.8. The number of hydrogen-bond donors (Lipinski definition) is 3. The number of aromatic nitrogens is 3. The number of benzene rings is 2. The van der Waals surface area contributed by atoms with E-state index in [9.17, 15) is 14.4 Å². The van der Waals surface area contributed by atoms with Gasteiger partial charge in [-0.2, -0.15) is 5.10 Å². The van der Waals surface area contributed by atoms with Crippen LogP contribution in [-0.4, -0.2) is 19.5 Å². The maximum atomic E-state index is 13.8. The van der Waals surface area contributed by atoms with Crippen LogP contribution < -0.4 is 34.1 Å². The van der Waals surface area contributed by atoms with Gasteiger partial charge >= 0.3 is 11.4 Å². The Bertz CT molecular complexity index is 1680. The van der Waals surface area contributed by atoms with Crippen LogP contribution in [-0.2, 0) is 13.5 Å².